The molecule has 2 rings (SSSR count). The van der Waals surface area contributed by atoms with Gasteiger partial charge in [0, 0.05) is 0 Å². The number of fused-ring (bicyclic) bond motifs is 1. The van der Waals surface area contributed by atoms with Crippen LogP contribution in [0.2, 0.25) is 0 Å². The minimum absolute atomic E-state index is 0.0267. The molecule has 0 amide bonds. The van der Waals surface area contributed by atoms with Crippen molar-refractivity contribution in [2.75, 3.05) is 18.9 Å². The Balaban J connectivity index is 1.97. The Bertz CT molecular complexity index is 786. The molecular formula is C14H23N6O5+. The summed E-state index contributed by atoms with van der Waals surface area (Å²) in [6.07, 6.45) is 0.738. The van der Waals surface area contributed by atoms with Gasteiger partial charge < -0.3 is 26.0 Å². The highest BCUT2D eigenvalue weighted by molar-refractivity contribution is 5.75. The van der Waals surface area contributed by atoms with Crippen molar-refractivity contribution in [3.05, 3.63) is 16.7 Å². The number of hydrogen-bond donors (Lipinski definition) is 5. The number of nitrogens with two attached hydrogens (primary N) is 2. The fourth-order valence-electron chi connectivity index (χ4n) is 2.00. The van der Waals surface area contributed by atoms with E-state index in [2.05, 4.69) is 15.0 Å². The number of ether oxygens (including phenoxy) is 2. The van der Waals surface area contributed by atoms with Gasteiger partial charge in [0.05, 0.1) is 6.61 Å². The summed E-state index contributed by atoms with van der Waals surface area (Å²) in [4.78, 5) is 32.6. The summed E-state index contributed by atoms with van der Waals surface area (Å²) in [7, 11) is 0. The van der Waals surface area contributed by atoms with E-state index in [-0.39, 0.29) is 37.3 Å². The molecule has 0 saturated carbocycles. The van der Waals surface area contributed by atoms with Gasteiger partial charge in [0.25, 0.3) is 11.5 Å². The topological polar surface area (TPSA) is 173 Å². The van der Waals surface area contributed by atoms with Crippen molar-refractivity contribution in [3.63, 3.8) is 0 Å². The molecule has 0 fully saturated rings. The van der Waals surface area contributed by atoms with Crippen LogP contribution in [0.15, 0.2) is 11.1 Å². The number of H-pyrrole nitrogens is 2. The Hall–Kier alpha value is -2.50. The molecule has 7 N–H and O–H groups in total. The first-order valence-corrected chi connectivity index (χ1v) is 7.74. The Labute approximate surface area is 142 Å². The highest BCUT2D eigenvalue weighted by atomic mass is 16.6. The second-order valence-electron chi connectivity index (χ2n) is 5.89. The maximum atomic E-state index is 11.7. The zero-order valence-corrected chi connectivity index (χ0v) is 14.1. The van der Waals surface area contributed by atoms with Crippen molar-refractivity contribution in [1.29, 1.82) is 0 Å². The van der Waals surface area contributed by atoms with E-state index < -0.39 is 23.7 Å². The maximum absolute atomic E-state index is 11.7. The van der Waals surface area contributed by atoms with Crippen molar-refractivity contribution >= 4 is 23.1 Å². The van der Waals surface area contributed by atoms with Crippen molar-refractivity contribution in [3.8, 4) is 0 Å². The van der Waals surface area contributed by atoms with Crippen LogP contribution in [0.5, 0.6) is 0 Å². The monoisotopic (exact) mass is 355 g/mol. The van der Waals surface area contributed by atoms with Crippen LogP contribution in [0.4, 0.5) is 5.95 Å². The van der Waals surface area contributed by atoms with Crippen LogP contribution in [-0.4, -0.2) is 51.4 Å². The summed E-state index contributed by atoms with van der Waals surface area (Å²) in [6, 6.07) is -0.735. The Kier molecular flexibility index (Phi) is 6.07. The second-order valence-corrected chi connectivity index (χ2v) is 5.89. The lowest BCUT2D eigenvalue weighted by molar-refractivity contribution is -0.713. The molecule has 2 heterocycles. The van der Waals surface area contributed by atoms with Crippen molar-refractivity contribution in [1.82, 2.24) is 15.0 Å². The predicted octanol–water partition coefficient (Wildman–Crippen LogP) is -2.02. The predicted molar refractivity (Wildman–Crippen MR) is 87.1 cm³/mol. The molecule has 0 bridgehead atoms. The van der Waals surface area contributed by atoms with Gasteiger partial charge in [-0.1, -0.05) is 18.8 Å². The minimum atomic E-state index is -0.750. The van der Waals surface area contributed by atoms with Gasteiger partial charge in [-0.2, -0.15) is 0 Å². The van der Waals surface area contributed by atoms with Crippen molar-refractivity contribution < 1.29 is 23.9 Å². The molecule has 2 atom stereocenters. The zero-order valence-electron chi connectivity index (χ0n) is 14.1. The molecular weight excluding hydrogens is 332 g/mol. The maximum Gasteiger partial charge on any atom is 0.323 e. The number of nitrogens with one attached hydrogen (secondary N) is 2. The quantitative estimate of drug-likeness (QED) is 0.266. The van der Waals surface area contributed by atoms with E-state index in [9.17, 15) is 14.7 Å². The number of aromatic nitrogens is 4. The number of aliphatic hydroxyl groups is 1. The molecule has 11 heteroatoms. The lowest BCUT2D eigenvalue weighted by atomic mass is 10.1. The highest BCUT2D eigenvalue weighted by Gasteiger charge is 2.22. The van der Waals surface area contributed by atoms with E-state index in [0.29, 0.717) is 5.65 Å². The third kappa shape index (κ3) is 4.53. The van der Waals surface area contributed by atoms with Gasteiger partial charge in [0.2, 0.25) is 5.52 Å². The Morgan fingerprint density at radius 1 is 1.48 bits per heavy atom. The summed E-state index contributed by atoms with van der Waals surface area (Å²) < 4.78 is 12.1. The van der Waals surface area contributed by atoms with Crippen molar-refractivity contribution in [2.45, 2.75) is 32.7 Å². The molecule has 0 spiro atoms. The summed E-state index contributed by atoms with van der Waals surface area (Å²) in [5.41, 5.74) is 11.4. The number of carbonyl (C=O) groups is 1. The van der Waals surface area contributed by atoms with Crippen LogP contribution in [0.1, 0.15) is 13.8 Å². The first kappa shape index (κ1) is 18.8. The largest absolute Gasteiger partial charge is 0.462 e. The number of imidazole rings is 1. The number of nitrogen functional groups attached to an aromatic ring is 1. The second kappa shape index (κ2) is 8.05. The van der Waals surface area contributed by atoms with Crippen LogP contribution in [-0.2, 0) is 21.0 Å². The molecule has 25 heavy (non-hydrogen) atoms. The molecule has 0 aromatic carbocycles. The lowest BCUT2D eigenvalue weighted by Crippen LogP contribution is -2.41. The normalized spacial score (nSPS) is 14.0. The molecule has 0 aliphatic carbocycles. The average molecular weight is 355 g/mol. The zero-order chi connectivity index (χ0) is 18.6. The third-order valence-electron chi connectivity index (χ3n) is 3.61. The van der Waals surface area contributed by atoms with Gasteiger partial charge in [-0.05, 0) is 5.92 Å². The van der Waals surface area contributed by atoms with E-state index in [1.54, 1.807) is 13.8 Å². The molecule has 2 aromatic heterocycles. The van der Waals surface area contributed by atoms with Crippen LogP contribution < -0.4 is 21.6 Å². The smallest absolute Gasteiger partial charge is 0.323 e. The lowest BCUT2D eigenvalue weighted by Gasteiger charge is -2.18. The number of hydrogen-bond acceptors (Lipinski definition) is 8. The van der Waals surface area contributed by atoms with Crippen LogP contribution in [0.25, 0.3) is 11.2 Å². The molecule has 11 nitrogen and oxygen atoms in total. The Morgan fingerprint density at radius 2 is 2.20 bits per heavy atom. The van der Waals surface area contributed by atoms with E-state index in [1.165, 1.54) is 10.9 Å². The van der Waals surface area contributed by atoms with Crippen LogP contribution >= 0.6 is 0 Å². The summed E-state index contributed by atoms with van der Waals surface area (Å²) in [6.45, 7) is 3.08. The van der Waals surface area contributed by atoms with Gasteiger partial charge in [0.15, 0.2) is 13.1 Å². The van der Waals surface area contributed by atoms with Gasteiger partial charge >= 0.3 is 11.6 Å². The number of aromatic amines is 2. The van der Waals surface area contributed by atoms with Gasteiger partial charge in [-0.15, -0.1) is 0 Å². The van der Waals surface area contributed by atoms with Gasteiger partial charge in [-0.25, -0.2) is 4.57 Å². The third-order valence-corrected chi connectivity index (χ3v) is 3.61. The highest BCUT2D eigenvalue weighted by Crippen LogP contribution is 2.03. The first-order valence-electron chi connectivity index (χ1n) is 7.74. The molecule has 0 aliphatic heterocycles. The summed E-state index contributed by atoms with van der Waals surface area (Å²) in [5, 5.41) is 9.36. The molecule has 0 aliphatic rings. The number of carbonyl (C=O) groups excluding carboxylic acids is 1. The van der Waals surface area contributed by atoms with E-state index in [1.807, 2.05) is 0 Å². The molecule has 1 unspecified atom stereocenters. The summed E-state index contributed by atoms with van der Waals surface area (Å²) >= 11 is 0. The molecule has 2 aromatic rings. The van der Waals surface area contributed by atoms with Gasteiger partial charge in [-0.3, -0.25) is 19.6 Å². The first-order chi connectivity index (χ1) is 11.8. The van der Waals surface area contributed by atoms with Crippen molar-refractivity contribution in [2.24, 2.45) is 11.7 Å². The molecule has 138 valence electrons. The number of aliphatic hydroxyl groups excluding tert-OH is 1. The average Bonchev–Trinajstić information content (AvgIpc) is 2.97. The van der Waals surface area contributed by atoms with E-state index in [4.69, 9.17) is 20.9 Å². The summed E-state index contributed by atoms with van der Waals surface area (Å²) in [5.74, 6) is -0.642. The number of anilines is 1. The minimum Gasteiger partial charge on any atom is -0.462 e. The SMILES string of the molecule is CC(C)[C@@H](N)C(=O)OCC(CO)OC[n+]1c[nH]c2c(=O)[nH]c(N)nc21. The fraction of sp³-hybridized carbons (Fsp3) is 0.571. The van der Waals surface area contributed by atoms with Gasteiger partial charge in [0.1, 0.15) is 18.8 Å². The number of nitrogens with zero attached hydrogens (tertiary/aromatic N) is 2. The van der Waals surface area contributed by atoms with E-state index in [0.717, 1.165) is 0 Å². The standard InChI is InChI=1S/C14H22N6O5/c1-7(2)9(15)13(23)24-4-8(3-21)25-6-20-5-17-10-11(20)18-14(16)19-12(10)22/h5,7-9,21H,3-4,6,15H2,1-2H3,(H3,16,18,19,22)/p+1/t8?,9-/m1/s1. The van der Waals surface area contributed by atoms with Crippen LogP contribution in [0, 0.1) is 5.92 Å². The molecule has 0 radical (unpaired) electrons. The Morgan fingerprint density at radius 3 is 2.84 bits per heavy atom. The van der Waals surface area contributed by atoms with Crippen LogP contribution in [0.3, 0.4) is 0 Å². The molecule has 0 saturated heterocycles. The number of rotatable bonds is 8. The fourth-order valence-corrected chi connectivity index (χ4v) is 2.00. The number of esters is 1. The van der Waals surface area contributed by atoms with E-state index >= 15 is 0 Å².